The molecule has 228 valence electrons. The summed E-state index contributed by atoms with van der Waals surface area (Å²) < 4.78 is 15.8. The minimum Gasteiger partial charge on any atom is -0.449 e. The van der Waals surface area contributed by atoms with Crippen LogP contribution in [-0.2, 0) is 5.41 Å². The number of rotatable bonds is 3. The highest BCUT2D eigenvalue weighted by atomic mass is 32.1. The molecule has 0 radical (unpaired) electrons. The summed E-state index contributed by atoms with van der Waals surface area (Å²) in [5, 5.41) is 2.55. The summed E-state index contributed by atoms with van der Waals surface area (Å²) in [6.45, 7) is 4.54. The first-order chi connectivity index (χ1) is 23.5. The number of thiophene rings is 1. The van der Waals surface area contributed by atoms with Gasteiger partial charge in [0, 0.05) is 47.8 Å². The molecule has 3 heterocycles. The molecule has 10 rings (SSSR count). The van der Waals surface area contributed by atoms with Crippen LogP contribution < -0.4 is 9.47 Å². The first-order valence-corrected chi connectivity index (χ1v) is 17.0. The van der Waals surface area contributed by atoms with Crippen LogP contribution in [0.25, 0.3) is 65.2 Å². The van der Waals surface area contributed by atoms with E-state index in [4.69, 9.17) is 19.4 Å². The largest absolute Gasteiger partial charge is 0.449 e. The van der Waals surface area contributed by atoms with Crippen molar-refractivity contribution in [2.45, 2.75) is 19.3 Å². The summed E-state index contributed by atoms with van der Waals surface area (Å²) in [6.07, 6.45) is 0. The van der Waals surface area contributed by atoms with Crippen LogP contribution in [0.2, 0.25) is 0 Å². The van der Waals surface area contributed by atoms with Crippen LogP contribution in [0.3, 0.4) is 0 Å². The van der Waals surface area contributed by atoms with Gasteiger partial charge in [0.25, 0.3) is 0 Å². The lowest BCUT2D eigenvalue weighted by atomic mass is 9.82. The fourth-order valence-corrected chi connectivity index (χ4v) is 8.48. The Morgan fingerprint density at radius 3 is 2.15 bits per heavy atom. The SMILES string of the molecule is CC1(C)c2ccccc2-c2c1ccc1c2Oc2cc(-c3nc(-c4ccccc4)cc(-c4ccc5c(c4)sc4ccccc45)n3)ccc2O1. The zero-order chi connectivity index (χ0) is 32.0. The normalized spacial score (nSPS) is 13.7. The Labute approximate surface area is 281 Å². The summed E-state index contributed by atoms with van der Waals surface area (Å²) in [5.74, 6) is 3.43. The second kappa shape index (κ2) is 10.1. The van der Waals surface area contributed by atoms with Crippen molar-refractivity contribution < 1.29 is 9.47 Å². The highest BCUT2D eigenvalue weighted by Gasteiger charge is 2.39. The number of hydrogen-bond acceptors (Lipinski definition) is 5. The molecule has 48 heavy (non-hydrogen) atoms. The van der Waals surface area contributed by atoms with Crippen molar-refractivity contribution in [3.8, 4) is 68.0 Å². The third-order valence-electron chi connectivity index (χ3n) is 9.77. The second-order valence-corrected chi connectivity index (χ2v) is 14.1. The number of nitrogens with zero attached hydrogens (tertiary/aromatic N) is 2. The Hall–Kier alpha value is -5.78. The van der Waals surface area contributed by atoms with Crippen molar-refractivity contribution in [2.24, 2.45) is 0 Å². The third-order valence-corrected chi connectivity index (χ3v) is 10.9. The van der Waals surface area contributed by atoms with Gasteiger partial charge in [-0.2, -0.15) is 0 Å². The Bertz CT molecular complexity index is 2600. The molecular weight excluding hydrogens is 609 g/mol. The van der Waals surface area contributed by atoms with Gasteiger partial charge in [-0.3, -0.25) is 0 Å². The van der Waals surface area contributed by atoms with Gasteiger partial charge in [-0.1, -0.05) is 105 Å². The molecule has 0 bridgehead atoms. The van der Waals surface area contributed by atoms with Gasteiger partial charge in [-0.15, -0.1) is 11.3 Å². The molecule has 0 fully saturated rings. The van der Waals surface area contributed by atoms with Crippen LogP contribution in [0.4, 0.5) is 0 Å². The van der Waals surface area contributed by atoms with Crippen LogP contribution in [0.5, 0.6) is 23.0 Å². The predicted molar refractivity (Wildman–Crippen MR) is 195 cm³/mol. The summed E-state index contributed by atoms with van der Waals surface area (Å²) in [5.41, 5.74) is 9.38. The van der Waals surface area contributed by atoms with Gasteiger partial charge in [0.2, 0.25) is 0 Å². The molecule has 6 aromatic carbocycles. The van der Waals surface area contributed by atoms with E-state index in [1.807, 2.05) is 53.8 Å². The zero-order valence-corrected chi connectivity index (χ0v) is 27.1. The van der Waals surface area contributed by atoms with Crippen molar-refractivity contribution in [2.75, 3.05) is 0 Å². The summed E-state index contributed by atoms with van der Waals surface area (Å²) in [7, 11) is 0. The van der Waals surface area contributed by atoms with E-state index in [9.17, 15) is 0 Å². The number of hydrogen-bond donors (Lipinski definition) is 0. The monoisotopic (exact) mass is 636 g/mol. The first-order valence-electron chi connectivity index (χ1n) is 16.1. The van der Waals surface area contributed by atoms with E-state index in [1.165, 1.54) is 36.9 Å². The molecule has 0 amide bonds. The lowest BCUT2D eigenvalue weighted by Crippen LogP contribution is -2.15. The molecule has 2 aliphatic rings. The van der Waals surface area contributed by atoms with Crippen LogP contribution in [0.15, 0.2) is 133 Å². The topological polar surface area (TPSA) is 44.2 Å². The molecule has 5 heteroatoms. The predicted octanol–water partition coefficient (Wildman–Crippen LogP) is 12.0. The van der Waals surface area contributed by atoms with Crippen molar-refractivity contribution in [3.05, 3.63) is 145 Å². The van der Waals surface area contributed by atoms with Crippen LogP contribution >= 0.6 is 11.3 Å². The Morgan fingerprint density at radius 2 is 1.25 bits per heavy atom. The zero-order valence-electron chi connectivity index (χ0n) is 26.3. The van der Waals surface area contributed by atoms with Gasteiger partial charge in [0.05, 0.1) is 11.4 Å². The number of aromatic nitrogens is 2. The molecule has 1 aliphatic heterocycles. The van der Waals surface area contributed by atoms with E-state index in [2.05, 4.69) is 105 Å². The van der Waals surface area contributed by atoms with E-state index in [0.29, 0.717) is 17.3 Å². The maximum absolute atomic E-state index is 6.76. The van der Waals surface area contributed by atoms with Gasteiger partial charge >= 0.3 is 0 Å². The number of benzene rings is 6. The van der Waals surface area contributed by atoms with Crippen LogP contribution in [0, 0.1) is 0 Å². The minimum absolute atomic E-state index is 0.132. The number of fused-ring (bicyclic) bond motifs is 9. The molecular formula is C43H28N2O2S. The minimum atomic E-state index is -0.132. The fraction of sp³-hybridized carbons (Fsp3) is 0.0698. The fourth-order valence-electron chi connectivity index (χ4n) is 7.33. The maximum Gasteiger partial charge on any atom is 0.178 e. The molecule has 2 aromatic heterocycles. The lowest BCUT2D eigenvalue weighted by molar-refractivity contribution is 0.360. The Morgan fingerprint density at radius 1 is 0.521 bits per heavy atom. The van der Waals surface area contributed by atoms with Gasteiger partial charge in [0.15, 0.2) is 28.8 Å². The van der Waals surface area contributed by atoms with E-state index >= 15 is 0 Å². The van der Waals surface area contributed by atoms with Gasteiger partial charge < -0.3 is 9.47 Å². The van der Waals surface area contributed by atoms with Gasteiger partial charge in [-0.05, 0) is 59.2 Å². The van der Waals surface area contributed by atoms with Crippen molar-refractivity contribution in [1.29, 1.82) is 0 Å². The van der Waals surface area contributed by atoms with Crippen molar-refractivity contribution in [3.63, 3.8) is 0 Å². The summed E-state index contributed by atoms with van der Waals surface area (Å²) in [4.78, 5) is 10.2. The highest BCUT2D eigenvalue weighted by Crippen LogP contribution is 2.58. The molecule has 1 aliphatic carbocycles. The molecule has 0 unspecified atom stereocenters. The standard InChI is InChI=1S/C43H28N2O2S/c1-43(2)31-14-8-6-13-30(31)40-32(43)19-21-36-41(40)47-37-22-27(17-20-35(37)46-36)42-44-33(25-10-4-3-5-11-25)24-34(45-42)26-16-18-29-28-12-7-9-15-38(28)48-39(29)23-26/h3-24H,1-2H3. The molecule has 0 saturated heterocycles. The molecule has 0 N–H and O–H groups in total. The van der Waals surface area contributed by atoms with E-state index in [0.717, 1.165) is 45.1 Å². The smallest absolute Gasteiger partial charge is 0.178 e. The second-order valence-electron chi connectivity index (χ2n) is 13.0. The average Bonchev–Trinajstić information content (AvgIpc) is 3.62. The van der Waals surface area contributed by atoms with Crippen molar-refractivity contribution >= 4 is 31.5 Å². The van der Waals surface area contributed by atoms with Crippen LogP contribution in [0.1, 0.15) is 25.0 Å². The molecule has 0 saturated carbocycles. The van der Waals surface area contributed by atoms with Crippen molar-refractivity contribution in [1.82, 2.24) is 9.97 Å². The summed E-state index contributed by atoms with van der Waals surface area (Å²) in [6, 6.07) is 46.4. The van der Waals surface area contributed by atoms with E-state index in [-0.39, 0.29) is 5.41 Å². The summed E-state index contributed by atoms with van der Waals surface area (Å²) >= 11 is 1.81. The van der Waals surface area contributed by atoms with E-state index in [1.54, 1.807) is 0 Å². The van der Waals surface area contributed by atoms with Gasteiger partial charge in [0.1, 0.15) is 0 Å². The van der Waals surface area contributed by atoms with E-state index < -0.39 is 0 Å². The Balaban J connectivity index is 1.10. The Kier molecular flexibility index (Phi) is 5.76. The van der Waals surface area contributed by atoms with Crippen LogP contribution in [-0.4, -0.2) is 9.97 Å². The first kappa shape index (κ1) is 27.3. The molecule has 0 atom stereocenters. The average molecular weight is 637 g/mol. The molecule has 4 nitrogen and oxygen atoms in total. The van der Waals surface area contributed by atoms with Gasteiger partial charge in [-0.25, -0.2) is 9.97 Å². The molecule has 8 aromatic rings. The number of ether oxygens (including phenoxy) is 2. The highest BCUT2D eigenvalue weighted by molar-refractivity contribution is 7.25. The third kappa shape index (κ3) is 4.07. The maximum atomic E-state index is 6.76. The molecule has 0 spiro atoms. The lowest BCUT2D eigenvalue weighted by Gasteiger charge is -2.25. The quantitative estimate of drug-likeness (QED) is 0.194.